The van der Waals surface area contributed by atoms with Crippen LogP contribution in [0, 0.1) is 19.8 Å². The Morgan fingerprint density at radius 2 is 0.951 bits per heavy atom. The first kappa shape index (κ1) is 34.7. The molecule has 0 radical (unpaired) electrons. The topological polar surface area (TPSA) is 0 Å². The maximum atomic E-state index is 2.62. The largest absolute Gasteiger partial charge is 0.0914 e. The van der Waals surface area contributed by atoms with E-state index in [-0.39, 0.29) is 15.8 Å². The summed E-state index contributed by atoms with van der Waals surface area (Å²) < 4.78 is 0. The lowest BCUT2D eigenvalue weighted by atomic mass is 10.0. The molecule has 0 spiro atoms. The zero-order valence-corrected chi connectivity index (χ0v) is 31.5. The standard InChI is InChI=1S/C38H59P3/c1-28-19-15-17-21-33(28)39(34-22-18-16-20-29(34)2)25-30-23-24-31(26-40(35(3,4)5)36(6,7)8)32(30)27-41(37(9,10)11)38(12,13)14/h15-24,30H,25-27H2,1-14H3. The Morgan fingerprint density at radius 3 is 1.34 bits per heavy atom. The Kier molecular flexibility index (Phi) is 11.1. The van der Waals surface area contributed by atoms with Crippen LogP contribution in [0.4, 0.5) is 0 Å². The van der Waals surface area contributed by atoms with Crippen LogP contribution in [0.1, 0.15) is 94.2 Å². The molecule has 0 aromatic heterocycles. The fourth-order valence-electron chi connectivity index (χ4n) is 6.80. The van der Waals surface area contributed by atoms with Crippen molar-refractivity contribution in [3.8, 4) is 0 Å². The summed E-state index contributed by atoms with van der Waals surface area (Å²) >= 11 is 0. The fraction of sp³-hybridized carbons (Fsp3) is 0.579. The predicted molar refractivity (Wildman–Crippen MR) is 196 cm³/mol. The van der Waals surface area contributed by atoms with Crippen LogP contribution < -0.4 is 10.6 Å². The van der Waals surface area contributed by atoms with Gasteiger partial charge in [0, 0.05) is 5.92 Å². The molecular weight excluding hydrogens is 549 g/mol. The number of rotatable bonds is 8. The van der Waals surface area contributed by atoms with Crippen molar-refractivity contribution in [2.24, 2.45) is 5.92 Å². The van der Waals surface area contributed by atoms with Crippen molar-refractivity contribution < 1.29 is 0 Å². The molecule has 0 aliphatic heterocycles. The van der Waals surface area contributed by atoms with Gasteiger partial charge in [0.25, 0.3) is 0 Å². The first-order chi connectivity index (χ1) is 18.7. The van der Waals surface area contributed by atoms with Gasteiger partial charge in [0.05, 0.1) is 0 Å². The van der Waals surface area contributed by atoms with Crippen LogP contribution in [0.15, 0.2) is 71.8 Å². The third kappa shape index (κ3) is 8.88. The molecule has 2 aromatic carbocycles. The monoisotopic (exact) mass is 608 g/mol. The number of aryl methyl sites for hydroxylation is 2. The van der Waals surface area contributed by atoms with Gasteiger partial charge in [0.2, 0.25) is 0 Å². The van der Waals surface area contributed by atoms with Crippen LogP contribution in [0.2, 0.25) is 0 Å². The maximum absolute atomic E-state index is 2.62. The molecule has 2 aromatic rings. The summed E-state index contributed by atoms with van der Waals surface area (Å²) in [5, 5.41) is 4.39. The van der Waals surface area contributed by atoms with Gasteiger partial charge in [-0.3, -0.25) is 0 Å². The molecule has 1 unspecified atom stereocenters. The molecule has 0 amide bonds. The Morgan fingerprint density at radius 1 is 0.561 bits per heavy atom. The molecule has 1 aliphatic rings. The minimum Gasteiger partial charge on any atom is -0.0914 e. The average molecular weight is 609 g/mol. The van der Waals surface area contributed by atoms with Crippen LogP contribution in [-0.4, -0.2) is 39.1 Å². The van der Waals surface area contributed by atoms with Crippen molar-refractivity contribution in [3.63, 3.8) is 0 Å². The number of allylic oxidation sites excluding steroid dienone is 4. The third-order valence-electron chi connectivity index (χ3n) is 8.48. The summed E-state index contributed by atoms with van der Waals surface area (Å²) in [4.78, 5) is 0. The van der Waals surface area contributed by atoms with Crippen molar-refractivity contribution in [2.75, 3.05) is 18.5 Å². The second-order valence-electron chi connectivity index (χ2n) is 16.1. The van der Waals surface area contributed by atoms with Crippen molar-refractivity contribution in [3.05, 3.63) is 83.0 Å². The van der Waals surface area contributed by atoms with Crippen molar-refractivity contribution >= 4 is 34.4 Å². The zero-order valence-electron chi connectivity index (χ0n) is 28.8. The van der Waals surface area contributed by atoms with Gasteiger partial charge in [0.15, 0.2) is 0 Å². The fourth-order valence-corrected chi connectivity index (χ4v) is 17.1. The molecule has 41 heavy (non-hydrogen) atoms. The van der Waals surface area contributed by atoms with Crippen LogP contribution in [-0.2, 0) is 0 Å². The van der Waals surface area contributed by atoms with Gasteiger partial charge in [-0.05, 0) is 88.2 Å². The first-order valence-corrected chi connectivity index (χ1v) is 20.1. The van der Waals surface area contributed by atoms with E-state index in [2.05, 4.69) is 158 Å². The Hall–Kier alpha value is -0.790. The van der Waals surface area contributed by atoms with E-state index in [1.807, 2.05) is 0 Å². The second-order valence-corrected chi connectivity index (χ2v) is 26.0. The highest BCUT2D eigenvalue weighted by Crippen LogP contribution is 2.64. The quantitative estimate of drug-likeness (QED) is 0.262. The molecular formula is C38H59P3. The van der Waals surface area contributed by atoms with Crippen molar-refractivity contribution in [2.45, 2.75) is 118 Å². The molecule has 0 bridgehead atoms. The summed E-state index contributed by atoms with van der Waals surface area (Å²) in [6, 6.07) is 18.3. The van der Waals surface area contributed by atoms with Gasteiger partial charge in [-0.1, -0.05) is 165 Å². The highest BCUT2D eigenvalue weighted by Gasteiger charge is 2.40. The summed E-state index contributed by atoms with van der Waals surface area (Å²) in [5.41, 5.74) is 6.32. The molecule has 1 aliphatic carbocycles. The Balaban J connectivity index is 2.16. The minimum absolute atomic E-state index is 0.196. The molecule has 0 fully saturated rings. The van der Waals surface area contributed by atoms with Crippen LogP contribution in [0.3, 0.4) is 0 Å². The molecule has 0 saturated carbocycles. The van der Waals surface area contributed by atoms with E-state index in [0.29, 0.717) is 26.5 Å². The van der Waals surface area contributed by atoms with Gasteiger partial charge in [-0.15, -0.1) is 0 Å². The van der Waals surface area contributed by atoms with Crippen molar-refractivity contribution in [1.82, 2.24) is 0 Å². The summed E-state index contributed by atoms with van der Waals surface area (Å²) in [7, 11) is -0.882. The first-order valence-electron chi connectivity index (χ1n) is 15.6. The Labute approximate surface area is 258 Å². The maximum Gasteiger partial charge on any atom is 0.00347 e. The summed E-state index contributed by atoms with van der Waals surface area (Å²) in [6.07, 6.45) is 8.91. The third-order valence-corrected chi connectivity index (χ3v) is 19.2. The molecule has 0 heterocycles. The van der Waals surface area contributed by atoms with E-state index in [1.165, 1.54) is 29.6 Å². The van der Waals surface area contributed by atoms with Gasteiger partial charge in [0.1, 0.15) is 0 Å². The number of benzene rings is 2. The molecule has 1 atom stereocenters. The average Bonchev–Trinajstić information content (AvgIpc) is 3.18. The van der Waals surface area contributed by atoms with Gasteiger partial charge < -0.3 is 0 Å². The van der Waals surface area contributed by atoms with Crippen LogP contribution >= 0.6 is 23.8 Å². The van der Waals surface area contributed by atoms with E-state index in [1.54, 1.807) is 21.8 Å². The lowest BCUT2D eigenvalue weighted by molar-refractivity contribution is 0.701. The van der Waals surface area contributed by atoms with E-state index in [0.717, 1.165) is 0 Å². The van der Waals surface area contributed by atoms with Crippen LogP contribution in [0.25, 0.3) is 0 Å². The summed E-state index contributed by atoms with van der Waals surface area (Å²) in [5.74, 6) is 0.516. The van der Waals surface area contributed by atoms with E-state index < -0.39 is 7.92 Å². The predicted octanol–water partition coefficient (Wildman–Crippen LogP) is 11.4. The number of hydrogen-bond acceptors (Lipinski definition) is 0. The van der Waals surface area contributed by atoms with Crippen molar-refractivity contribution in [1.29, 1.82) is 0 Å². The zero-order chi connectivity index (χ0) is 31.0. The Bertz CT molecular complexity index is 1160. The molecule has 0 N–H and O–H groups in total. The summed E-state index contributed by atoms with van der Waals surface area (Å²) in [6.45, 7) is 34.5. The SMILES string of the molecule is Cc1ccccc1P(CC1C=CC(CP(C(C)(C)C)C(C)(C)C)=C1CP(C(C)(C)C)C(C)(C)C)c1ccccc1C. The van der Waals surface area contributed by atoms with Gasteiger partial charge in [-0.2, -0.15) is 0 Å². The number of hydrogen-bond donors (Lipinski definition) is 0. The lowest BCUT2D eigenvalue weighted by Crippen LogP contribution is -2.29. The minimum atomic E-state index is -0.469. The highest BCUT2D eigenvalue weighted by atomic mass is 31.1. The smallest absolute Gasteiger partial charge is 0.00347 e. The van der Waals surface area contributed by atoms with Gasteiger partial charge in [-0.25, -0.2) is 0 Å². The van der Waals surface area contributed by atoms with Gasteiger partial charge >= 0.3 is 0 Å². The molecule has 0 saturated heterocycles. The van der Waals surface area contributed by atoms with Crippen LogP contribution in [0.5, 0.6) is 0 Å². The molecule has 226 valence electrons. The molecule has 3 heteroatoms. The molecule has 0 nitrogen and oxygen atoms in total. The van der Waals surface area contributed by atoms with E-state index in [4.69, 9.17) is 0 Å². The normalized spacial score (nSPS) is 17.0. The van der Waals surface area contributed by atoms with E-state index >= 15 is 0 Å². The van der Waals surface area contributed by atoms with E-state index in [9.17, 15) is 0 Å². The lowest BCUT2D eigenvalue weighted by Gasteiger charge is -2.44. The molecule has 3 rings (SSSR count). The highest BCUT2D eigenvalue weighted by molar-refractivity contribution is 7.73. The second kappa shape index (κ2) is 13.1.